The molecule has 15 heavy (non-hydrogen) atoms. The Kier molecular flexibility index (Phi) is 3.06. The molecule has 82 valence electrons. The Labute approximate surface area is 88.8 Å². The van der Waals surface area contributed by atoms with Crippen molar-refractivity contribution in [1.82, 2.24) is 5.32 Å². The quantitative estimate of drug-likeness (QED) is 0.759. The zero-order valence-electron chi connectivity index (χ0n) is 8.61. The minimum absolute atomic E-state index is 0.00537. The smallest absolute Gasteiger partial charge is 0.221 e. The third-order valence-corrected chi connectivity index (χ3v) is 2.69. The van der Waals surface area contributed by atoms with Gasteiger partial charge < -0.3 is 15.5 Å². The van der Waals surface area contributed by atoms with Gasteiger partial charge in [-0.2, -0.15) is 0 Å². The molecule has 1 heterocycles. The van der Waals surface area contributed by atoms with E-state index in [9.17, 15) is 4.79 Å². The topological polar surface area (TPSA) is 68.3 Å². The summed E-state index contributed by atoms with van der Waals surface area (Å²) in [7, 11) is 0. The van der Waals surface area contributed by atoms with E-state index in [-0.39, 0.29) is 11.9 Å². The molecule has 1 unspecified atom stereocenters. The second kappa shape index (κ2) is 4.49. The maximum absolute atomic E-state index is 11.4. The normalized spacial score (nSPS) is 17.4. The SMILES string of the molecule is NC(CC(=O)NCc1ccco1)C1CC1. The molecule has 1 aromatic heterocycles. The van der Waals surface area contributed by atoms with Gasteiger partial charge in [-0.05, 0) is 30.9 Å². The van der Waals surface area contributed by atoms with Crippen molar-refractivity contribution in [1.29, 1.82) is 0 Å². The average molecular weight is 208 g/mol. The van der Waals surface area contributed by atoms with E-state index in [0.717, 1.165) is 5.76 Å². The number of hydrogen-bond acceptors (Lipinski definition) is 3. The lowest BCUT2D eigenvalue weighted by atomic mass is 10.1. The predicted molar refractivity (Wildman–Crippen MR) is 55.9 cm³/mol. The largest absolute Gasteiger partial charge is 0.467 e. The third-order valence-electron chi connectivity index (χ3n) is 2.69. The highest BCUT2D eigenvalue weighted by Crippen LogP contribution is 2.32. The standard InChI is InChI=1S/C11H16N2O2/c12-10(8-3-4-8)6-11(14)13-7-9-2-1-5-15-9/h1-2,5,8,10H,3-4,6-7,12H2,(H,13,14). The number of nitrogens with two attached hydrogens (primary N) is 1. The molecular formula is C11H16N2O2. The summed E-state index contributed by atoms with van der Waals surface area (Å²) in [5.41, 5.74) is 5.84. The molecule has 0 saturated heterocycles. The Hall–Kier alpha value is -1.29. The summed E-state index contributed by atoms with van der Waals surface area (Å²) in [6.45, 7) is 0.448. The van der Waals surface area contributed by atoms with E-state index < -0.39 is 0 Å². The van der Waals surface area contributed by atoms with E-state index in [0.29, 0.717) is 18.9 Å². The van der Waals surface area contributed by atoms with Crippen LogP contribution in [-0.2, 0) is 11.3 Å². The summed E-state index contributed by atoms with van der Waals surface area (Å²) >= 11 is 0. The van der Waals surface area contributed by atoms with Crippen molar-refractivity contribution < 1.29 is 9.21 Å². The minimum Gasteiger partial charge on any atom is -0.467 e. The second-order valence-corrected chi connectivity index (χ2v) is 4.06. The van der Waals surface area contributed by atoms with Gasteiger partial charge >= 0.3 is 0 Å². The Morgan fingerprint density at radius 3 is 3.07 bits per heavy atom. The molecule has 0 bridgehead atoms. The van der Waals surface area contributed by atoms with E-state index in [1.54, 1.807) is 12.3 Å². The molecule has 1 aliphatic rings. The van der Waals surface area contributed by atoms with Crippen LogP contribution >= 0.6 is 0 Å². The summed E-state index contributed by atoms with van der Waals surface area (Å²) in [4.78, 5) is 11.4. The lowest BCUT2D eigenvalue weighted by Gasteiger charge is -2.09. The maximum atomic E-state index is 11.4. The molecule has 1 aromatic rings. The molecule has 0 radical (unpaired) electrons. The maximum Gasteiger partial charge on any atom is 0.221 e. The van der Waals surface area contributed by atoms with Crippen molar-refractivity contribution >= 4 is 5.91 Å². The molecule has 3 N–H and O–H groups in total. The molecule has 0 spiro atoms. The van der Waals surface area contributed by atoms with Gasteiger partial charge in [-0.1, -0.05) is 0 Å². The van der Waals surface area contributed by atoms with E-state index in [1.165, 1.54) is 12.8 Å². The van der Waals surface area contributed by atoms with E-state index in [1.807, 2.05) is 6.07 Å². The van der Waals surface area contributed by atoms with Crippen LogP contribution in [0.15, 0.2) is 22.8 Å². The van der Waals surface area contributed by atoms with Crippen LogP contribution in [0.4, 0.5) is 0 Å². The number of amides is 1. The molecule has 0 aromatic carbocycles. The number of hydrogen-bond donors (Lipinski definition) is 2. The number of nitrogens with one attached hydrogen (secondary N) is 1. The first kappa shape index (κ1) is 10.2. The van der Waals surface area contributed by atoms with E-state index in [4.69, 9.17) is 10.2 Å². The molecule has 4 nitrogen and oxygen atoms in total. The highest BCUT2D eigenvalue weighted by Gasteiger charge is 2.29. The molecule has 1 amide bonds. The fraction of sp³-hybridized carbons (Fsp3) is 0.545. The van der Waals surface area contributed by atoms with Gasteiger partial charge in [-0.3, -0.25) is 4.79 Å². The fourth-order valence-corrected chi connectivity index (χ4v) is 1.58. The van der Waals surface area contributed by atoms with E-state index in [2.05, 4.69) is 5.32 Å². The van der Waals surface area contributed by atoms with Crippen molar-refractivity contribution in [3.05, 3.63) is 24.2 Å². The van der Waals surface area contributed by atoms with Crippen LogP contribution in [0.3, 0.4) is 0 Å². The summed E-state index contributed by atoms with van der Waals surface area (Å²) < 4.78 is 5.10. The first-order valence-electron chi connectivity index (χ1n) is 5.30. The van der Waals surface area contributed by atoms with Gasteiger partial charge in [0.25, 0.3) is 0 Å². The highest BCUT2D eigenvalue weighted by molar-refractivity contribution is 5.76. The highest BCUT2D eigenvalue weighted by atomic mass is 16.3. The number of rotatable bonds is 5. The van der Waals surface area contributed by atoms with Crippen molar-refractivity contribution in [2.75, 3.05) is 0 Å². The number of furan rings is 1. The van der Waals surface area contributed by atoms with Gasteiger partial charge in [0.15, 0.2) is 0 Å². The second-order valence-electron chi connectivity index (χ2n) is 4.06. The van der Waals surface area contributed by atoms with Gasteiger partial charge in [0, 0.05) is 12.5 Å². The zero-order chi connectivity index (χ0) is 10.7. The van der Waals surface area contributed by atoms with Crippen molar-refractivity contribution in [3.63, 3.8) is 0 Å². The van der Waals surface area contributed by atoms with Gasteiger partial charge in [-0.15, -0.1) is 0 Å². The molecule has 0 aliphatic heterocycles. The first-order chi connectivity index (χ1) is 7.25. The van der Waals surface area contributed by atoms with E-state index >= 15 is 0 Å². The first-order valence-corrected chi connectivity index (χ1v) is 5.30. The molecule has 1 atom stereocenters. The van der Waals surface area contributed by atoms with Crippen molar-refractivity contribution in [2.24, 2.45) is 11.7 Å². The van der Waals surface area contributed by atoms with Crippen LogP contribution in [-0.4, -0.2) is 11.9 Å². The molecule has 1 aliphatic carbocycles. The lowest BCUT2D eigenvalue weighted by Crippen LogP contribution is -2.32. The van der Waals surface area contributed by atoms with Crippen LogP contribution in [0.2, 0.25) is 0 Å². The molecule has 4 heteroatoms. The minimum atomic E-state index is 0.00537. The Bertz CT molecular complexity index is 317. The number of carbonyl (C=O) groups is 1. The van der Waals surface area contributed by atoms with Crippen LogP contribution in [0.25, 0.3) is 0 Å². The zero-order valence-corrected chi connectivity index (χ0v) is 8.61. The summed E-state index contributed by atoms with van der Waals surface area (Å²) in [5, 5.41) is 2.79. The van der Waals surface area contributed by atoms with Crippen LogP contribution < -0.4 is 11.1 Å². The molecular weight excluding hydrogens is 192 g/mol. The summed E-state index contributed by atoms with van der Waals surface area (Å²) in [6.07, 6.45) is 4.36. The fourth-order valence-electron chi connectivity index (χ4n) is 1.58. The average Bonchev–Trinajstić information content (AvgIpc) is 2.93. The Morgan fingerprint density at radius 1 is 1.67 bits per heavy atom. The Morgan fingerprint density at radius 2 is 2.47 bits per heavy atom. The van der Waals surface area contributed by atoms with Gasteiger partial charge in [0.1, 0.15) is 5.76 Å². The predicted octanol–water partition coefficient (Wildman–Crippen LogP) is 1.02. The number of carbonyl (C=O) groups excluding carboxylic acids is 1. The summed E-state index contributed by atoms with van der Waals surface area (Å²) in [6, 6.07) is 3.67. The Balaban J connectivity index is 1.68. The van der Waals surface area contributed by atoms with Crippen molar-refractivity contribution in [3.8, 4) is 0 Å². The van der Waals surface area contributed by atoms with Gasteiger partial charge in [0.2, 0.25) is 5.91 Å². The van der Waals surface area contributed by atoms with Crippen LogP contribution in [0.5, 0.6) is 0 Å². The molecule has 1 saturated carbocycles. The van der Waals surface area contributed by atoms with Crippen molar-refractivity contribution in [2.45, 2.75) is 31.8 Å². The molecule has 2 rings (SSSR count). The lowest BCUT2D eigenvalue weighted by molar-refractivity contribution is -0.121. The van der Waals surface area contributed by atoms with Gasteiger partial charge in [-0.25, -0.2) is 0 Å². The third kappa shape index (κ3) is 3.09. The summed E-state index contributed by atoms with van der Waals surface area (Å²) in [5.74, 6) is 1.34. The van der Waals surface area contributed by atoms with Gasteiger partial charge in [0.05, 0.1) is 12.8 Å². The monoisotopic (exact) mass is 208 g/mol. The molecule has 1 fully saturated rings. The van der Waals surface area contributed by atoms with Crippen LogP contribution in [0.1, 0.15) is 25.0 Å². The van der Waals surface area contributed by atoms with Crippen LogP contribution in [0, 0.1) is 5.92 Å².